The highest BCUT2D eigenvalue weighted by Gasteiger charge is 2.50. The van der Waals surface area contributed by atoms with Crippen LogP contribution in [0.3, 0.4) is 0 Å². The van der Waals surface area contributed by atoms with Crippen molar-refractivity contribution in [1.29, 1.82) is 0 Å². The van der Waals surface area contributed by atoms with Crippen molar-refractivity contribution < 1.29 is 63.7 Å². The molecule has 2 aromatic rings. The smallest absolute Gasteiger partial charge is 0.312 e. The third-order valence-corrected chi connectivity index (χ3v) is 12.5. The Morgan fingerprint density at radius 1 is 0.983 bits per heavy atom. The number of hydrogen-bond acceptors (Lipinski definition) is 14. The van der Waals surface area contributed by atoms with E-state index >= 15 is 0 Å². The van der Waals surface area contributed by atoms with Crippen LogP contribution >= 0.6 is 34.4 Å². The molecular weight excluding hydrogens is 887 g/mol. The number of benzene rings is 2. The van der Waals surface area contributed by atoms with Crippen LogP contribution in [0.5, 0.6) is 23.0 Å². The van der Waals surface area contributed by atoms with Gasteiger partial charge in [0.25, 0.3) is 11.7 Å². The lowest BCUT2D eigenvalue weighted by atomic mass is 9.78. The molecule has 9 atom stereocenters. The Hall–Kier alpha value is -4.04. The van der Waals surface area contributed by atoms with Crippen LogP contribution in [0.4, 0.5) is 5.69 Å². The second kappa shape index (κ2) is 19.4. The van der Waals surface area contributed by atoms with Gasteiger partial charge in [0.1, 0.15) is 29.0 Å². The lowest BCUT2D eigenvalue weighted by molar-refractivity contribution is -0.160. The van der Waals surface area contributed by atoms with E-state index in [2.05, 4.69) is 10.6 Å². The van der Waals surface area contributed by atoms with E-state index in [-0.39, 0.29) is 66.4 Å². The number of amides is 2. The van der Waals surface area contributed by atoms with E-state index in [0.717, 1.165) is 11.8 Å². The van der Waals surface area contributed by atoms with Crippen LogP contribution in [-0.2, 0) is 28.6 Å². The third-order valence-electron chi connectivity index (χ3n) is 10.7. The molecule has 2 amide bonds. The summed E-state index contributed by atoms with van der Waals surface area (Å²) in [6.07, 6.45) is 3.45. The SMILES string of the molecule is CO[C@H]1/C=C/O[C@@]2(C)Oc3c(C)c(O)c4c(O)c(c(SCCNC(=O)CI)c(O)c4c3C2=O)NC(=O)/C(C)=C\C=C\[C@H](C)[C@H](O)[C@@H](C)[C@@H](O)[C@@H](C)[C@H](OC(C)=O)[C@@H]1C. The number of carbonyl (C=O) groups is 4. The third kappa shape index (κ3) is 9.54. The number of Topliss-reactive ketones (excluding diaryl/α,β-unsaturated/α-hetero) is 1. The molecular formula is C41H53IN2O13S. The predicted molar refractivity (Wildman–Crippen MR) is 226 cm³/mol. The van der Waals surface area contributed by atoms with Crippen LogP contribution < -0.4 is 15.4 Å². The lowest BCUT2D eigenvalue weighted by Crippen LogP contribution is -2.46. The summed E-state index contributed by atoms with van der Waals surface area (Å²) < 4.78 is 23.7. The van der Waals surface area contributed by atoms with Gasteiger partial charge in [0.15, 0.2) is 5.75 Å². The van der Waals surface area contributed by atoms with Gasteiger partial charge in [-0.05, 0) is 19.9 Å². The number of thioether (sulfide) groups is 1. The van der Waals surface area contributed by atoms with Gasteiger partial charge in [-0.15, -0.1) is 11.8 Å². The molecule has 2 aromatic carbocycles. The molecule has 0 aromatic heterocycles. The number of esters is 1. The van der Waals surface area contributed by atoms with E-state index in [1.807, 2.05) is 22.6 Å². The van der Waals surface area contributed by atoms with Crippen LogP contribution in [0.1, 0.15) is 64.4 Å². The topological polar surface area (TPSA) is 230 Å². The fourth-order valence-electron chi connectivity index (χ4n) is 7.23. The molecule has 0 saturated heterocycles. The molecule has 0 radical (unpaired) electrons. The van der Waals surface area contributed by atoms with E-state index in [1.165, 1.54) is 53.2 Å². The zero-order chi connectivity index (χ0) is 43.4. The van der Waals surface area contributed by atoms with Crippen molar-refractivity contribution in [2.75, 3.05) is 29.2 Å². The minimum atomic E-state index is -2.05. The summed E-state index contributed by atoms with van der Waals surface area (Å²) >= 11 is 2.90. The van der Waals surface area contributed by atoms with E-state index in [4.69, 9.17) is 18.9 Å². The van der Waals surface area contributed by atoms with Crippen molar-refractivity contribution in [3.8, 4) is 23.0 Å². The number of phenols is 3. The highest BCUT2D eigenvalue weighted by molar-refractivity contribution is 14.1. The Kier molecular flexibility index (Phi) is 15.6. The molecule has 3 aliphatic heterocycles. The second-order valence-electron chi connectivity index (χ2n) is 14.9. The number of halogens is 1. The molecule has 5 rings (SSSR count). The monoisotopic (exact) mass is 940 g/mol. The number of aliphatic hydroxyl groups excluding tert-OH is 2. The number of nitrogens with one attached hydrogen (secondary N) is 2. The summed E-state index contributed by atoms with van der Waals surface area (Å²) in [6.45, 7) is 12.6. The van der Waals surface area contributed by atoms with Crippen LogP contribution in [-0.4, -0.2) is 103 Å². The zero-order valence-electron chi connectivity index (χ0n) is 33.9. The average Bonchev–Trinajstić information content (AvgIpc) is 3.45. The lowest BCUT2D eigenvalue weighted by Gasteiger charge is -2.38. The van der Waals surface area contributed by atoms with E-state index < -0.39 is 88.8 Å². The van der Waals surface area contributed by atoms with Crippen LogP contribution in [0, 0.1) is 30.6 Å². The van der Waals surface area contributed by atoms with Crippen molar-refractivity contribution in [3.05, 3.63) is 47.3 Å². The predicted octanol–water partition coefficient (Wildman–Crippen LogP) is 5.40. The summed E-state index contributed by atoms with van der Waals surface area (Å²) in [6, 6.07) is 0. The normalized spacial score (nSPS) is 30.2. The van der Waals surface area contributed by atoms with Gasteiger partial charge in [0, 0.05) is 73.4 Å². The molecule has 0 aliphatic carbocycles. The van der Waals surface area contributed by atoms with Crippen molar-refractivity contribution in [3.63, 3.8) is 0 Å². The van der Waals surface area contributed by atoms with Gasteiger partial charge < -0.3 is 55.1 Å². The number of hydrogen-bond donors (Lipinski definition) is 7. The number of fused-ring (bicyclic) bond motifs is 14. The first-order chi connectivity index (χ1) is 27.2. The molecule has 0 spiro atoms. The first-order valence-electron chi connectivity index (χ1n) is 18.8. The Labute approximate surface area is 355 Å². The van der Waals surface area contributed by atoms with Gasteiger partial charge in [-0.25, -0.2) is 0 Å². The minimum absolute atomic E-state index is 0.0403. The number of ether oxygens (including phenoxy) is 4. The van der Waals surface area contributed by atoms with Crippen LogP contribution in [0.15, 0.2) is 41.0 Å². The van der Waals surface area contributed by atoms with Gasteiger partial charge in [0.05, 0.1) is 44.8 Å². The number of ketones is 1. The summed E-state index contributed by atoms with van der Waals surface area (Å²) in [5, 5.41) is 62.9. The molecule has 58 heavy (non-hydrogen) atoms. The summed E-state index contributed by atoms with van der Waals surface area (Å²) in [7, 11) is 1.43. The van der Waals surface area contributed by atoms with Crippen molar-refractivity contribution >= 4 is 74.4 Å². The maximum Gasteiger partial charge on any atom is 0.312 e. The molecule has 7 N–H and O–H groups in total. The minimum Gasteiger partial charge on any atom is -0.507 e. The maximum atomic E-state index is 14.3. The fraction of sp³-hybridized carbons (Fsp3) is 0.512. The van der Waals surface area contributed by atoms with Gasteiger partial charge in [-0.2, -0.15) is 0 Å². The Balaban J connectivity index is 1.94. The fourth-order valence-corrected chi connectivity index (χ4v) is 8.44. The number of allylic oxidation sites excluding steroid dienone is 2. The van der Waals surface area contributed by atoms with Crippen molar-refractivity contribution in [1.82, 2.24) is 5.32 Å². The second-order valence-corrected chi connectivity index (χ2v) is 16.7. The van der Waals surface area contributed by atoms with E-state index in [9.17, 15) is 44.7 Å². The molecule has 3 aliphatic rings. The molecule has 15 nitrogen and oxygen atoms in total. The molecule has 0 unspecified atom stereocenters. The average molecular weight is 941 g/mol. The number of aromatic hydroxyl groups is 3. The number of anilines is 1. The molecule has 5 bridgehead atoms. The highest BCUT2D eigenvalue weighted by Crippen LogP contribution is 2.57. The van der Waals surface area contributed by atoms with Gasteiger partial charge in [-0.3, -0.25) is 19.2 Å². The van der Waals surface area contributed by atoms with Crippen molar-refractivity contribution in [2.24, 2.45) is 23.7 Å². The number of phenolic OH excluding ortho intramolecular Hbond substituents is 3. The Bertz CT molecular complexity index is 2020. The highest BCUT2D eigenvalue weighted by atomic mass is 127. The Morgan fingerprint density at radius 3 is 2.28 bits per heavy atom. The number of carbonyl (C=O) groups excluding carboxylic acids is 4. The first kappa shape index (κ1) is 46.6. The Morgan fingerprint density at radius 2 is 1.66 bits per heavy atom. The number of rotatable bonds is 7. The maximum absolute atomic E-state index is 14.3. The van der Waals surface area contributed by atoms with Crippen molar-refractivity contribution in [2.45, 2.75) is 90.5 Å². The first-order valence-corrected chi connectivity index (χ1v) is 21.3. The quantitative estimate of drug-likeness (QED) is 0.0351. The van der Waals surface area contributed by atoms with Gasteiger partial charge in [-0.1, -0.05) is 68.5 Å². The number of alkyl halides is 1. The number of methoxy groups -OCH3 is 1. The largest absolute Gasteiger partial charge is 0.507 e. The van der Waals surface area contributed by atoms with Crippen LogP contribution in [0.25, 0.3) is 10.8 Å². The van der Waals surface area contributed by atoms with E-state index in [1.54, 1.807) is 39.8 Å². The molecule has 0 saturated carbocycles. The van der Waals surface area contributed by atoms with Gasteiger partial charge >= 0.3 is 11.8 Å². The molecule has 0 fully saturated rings. The van der Waals surface area contributed by atoms with Crippen LogP contribution in [0.2, 0.25) is 0 Å². The van der Waals surface area contributed by atoms with E-state index in [0.29, 0.717) is 0 Å². The summed E-state index contributed by atoms with van der Waals surface area (Å²) in [5.74, 6) is -8.51. The molecule has 3 heterocycles. The molecule has 17 heteroatoms. The summed E-state index contributed by atoms with van der Waals surface area (Å²) in [4.78, 5) is 52.2. The summed E-state index contributed by atoms with van der Waals surface area (Å²) in [5.41, 5.74) is -0.245. The van der Waals surface area contributed by atoms with Gasteiger partial charge in [0.2, 0.25) is 5.91 Å². The molecule has 318 valence electrons. The number of aliphatic hydroxyl groups is 2. The zero-order valence-corrected chi connectivity index (χ0v) is 36.9. The standard InChI is InChI=1S/C41H53IN2O13S/c1-18-11-10-12-19(2)40(53)44-30-34(50)28-27(35(51)38(30)58-16-14-43-26(46)17-42)29-37(23(6)33(28)49)57-41(8,39(29)52)55-15-13-25(54-9)20(3)36(56-24(7)45)22(5)32(48)21(4)31(18)47/h10-13,15,18,20-22,25,31-32,36,47-51H,14,16-17H2,1-9H3,(H,43,46)(H,44,53)/b11-10+,15-13+,19-12-/t18-,20+,21+,22+,25-,31-,32+,36+,41-/m0/s1.